The predicted octanol–water partition coefficient (Wildman–Crippen LogP) is 5.11. The van der Waals surface area contributed by atoms with Crippen LogP contribution >= 0.6 is 15.9 Å². The van der Waals surface area contributed by atoms with Gasteiger partial charge in [-0.3, -0.25) is 4.79 Å². The van der Waals surface area contributed by atoms with Crippen LogP contribution in [0.25, 0.3) is 10.8 Å². The second-order valence-electron chi connectivity index (χ2n) is 4.69. The van der Waals surface area contributed by atoms with Gasteiger partial charge in [0.2, 0.25) is 0 Å². The molecule has 0 unspecified atom stereocenters. The van der Waals surface area contributed by atoms with Crippen LogP contribution in [0.2, 0.25) is 0 Å². The fourth-order valence-corrected chi connectivity index (χ4v) is 2.59. The van der Waals surface area contributed by atoms with E-state index in [1.54, 1.807) is 12.1 Å². The number of halogens is 3. The van der Waals surface area contributed by atoms with E-state index in [0.717, 1.165) is 33.4 Å². The lowest BCUT2D eigenvalue weighted by Crippen LogP contribution is -2.02. The molecule has 0 N–H and O–H groups in total. The van der Waals surface area contributed by atoms with E-state index in [-0.39, 0.29) is 5.56 Å². The lowest BCUT2D eigenvalue weighted by Gasteiger charge is -2.05. The highest BCUT2D eigenvalue weighted by atomic mass is 79.9. The summed E-state index contributed by atoms with van der Waals surface area (Å²) in [5.74, 6) is -1.93. The third-order valence-corrected chi connectivity index (χ3v) is 3.68. The predicted molar refractivity (Wildman–Crippen MR) is 81.4 cm³/mol. The molecule has 3 rings (SSSR count). The number of carbonyl (C=O) groups excluding carboxylic acids is 1. The molecule has 0 amide bonds. The lowest BCUT2D eigenvalue weighted by molar-refractivity contribution is 0.103. The van der Waals surface area contributed by atoms with E-state index in [4.69, 9.17) is 0 Å². The first-order chi connectivity index (χ1) is 10.0. The Kier molecular flexibility index (Phi) is 3.55. The average Bonchev–Trinajstić information content (AvgIpc) is 2.45. The van der Waals surface area contributed by atoms with Gasteiger partial charge < -0.3 is 0 Å². The fraction of sp³-hybridized carbons (Fsp3) is 0. The minimum atomic E-state index is -0.761. The van der Waals surface area contributed by atoms with Crippen LogP contribution in [0.15, 0.2) is 59.1 Å². The molecule has 3 aromatic rings. The molecule has 0 saturated carbocycles. The second-order valence-corrected chi connectivity index (χ2v) is 5.61. The first-order valence-electron chi connectivity index (χ1n) is 6.23. The quantitative estimate of drug-likeness (QED) is 0.589. The Morgan fingerprint density at radius 2 is 1.38 bits per heavy atom. The smallest absolute Gasteiger partial charge is 0.193 e. The monoisotopic (exact) mass is 346 g/mol. The summed E-state index contributed by atoms with van der Waals surface area (Å²) in [6, 6.07) is 13.7. The molecule has 0 aromatic heterocycles. The van der Waals surface area contributed by atoms with Gasteiger partial charge >= 0.3 is 0 Å². The van der Waals surface area contributed by atoms with Gasteiger partial charge in [-0.25, -0.2) is 8.78 Å². The van der Waals surface area contributed by atoms with Gasteiger partial charge in [0.1, 0.15) is 11.6 Å². The van der Waals surface area contributed by atoms with Crippen molar-refractivity contribution in [1.82, 2.24) is 0 Å². The Morgan fingerprint density at radius 1 is 0.762 bits per heavy atom. The maximum absolute atomic E-state index is 13.2. The standard InChI is InChI=1S/C17H9BrF2O/c18-14-4-3-10-5-12(2-1-11(10)6-14)17(21)13-7-15(19)9-16(20)8-13/h1-9H. The Balaban J connectivity index is 2.07. The summed E-state index contributed by atoms with van der Waals surface area (Å²) in [5, 5.41) is 1.87. The molecular formula is C17H9BrF2O. The van der Waals surface area contributed by atoms with Crippen LogP contribution in [0.1, 0.15) is 15.9 Å². The molecule has 3 aromatic carbocycles. The minimum Gasteiger partial charge on any atom is -0.289 e. The number of fused-ring (bicyclic) bond motifs is 1. The Hall–Kier alpha value is -2.07. The lowest BCUT2D eigenvalue weighted by atomic mass is 10.00. The van der Waals surface area contributed by atoms with Crippen LogP contribution in [0.3, 0.4) is 0 Å². The average molecular weight is 347 g/mol. The zero-order valence-electron chi connectivity index (χ0n) is 10.7. The maximum atomic E-state index is 13.2. The molecule has 0 atom stereocenters. The molecule has 1 nitrogen and oxygen atoms in total. The van der Waals surface area contributed by atoms with E-state index >= 15 is 0 Å². The Labute approximate surface area is 128 Å². The third-order valence-electron chi connectivity index (χ3n) is 3.19. The van der Waals surface area contributed by atoms with Crippen molar-refractivity contribution in [2.75, 3.05) is 0 Å². The van der Waals surface area contributed by atoms with Crippen LogP contribution in [0.5, 0.6) is 0 Å². The molecule has 0 spiro atoms. The van der Waals surface area contributed by atoms with E-state index in [1.807, 2.05) is 24.3 Å². The summed E-state index contributed by atoms with van der Waals surface area (Å²) in [6.07, 6.45) is 0. The van der Waals surface area contributed by atoms with Crippen LogP contribution in [-0.2, 0) is 0 Å². The van der Waals surface area contributed by atoms with Crippen molar-refractivity contribution in [2.24, 2.45) is 0 Å². The SMILES string of the molecule is O=C(c1cc(F)cc(F)c1)c1ccc2cc(Br)ccc2c1. The molecule has 0 aliphatic rings. The van der Waals surface area contributed by atoms with Crippen LogP contribution in [0.4, 0.5) is 8.78 Å². The summed E-state index contributed by atoms with van der Waals surface area (Å²) in [5.41, 5.74) is 0.402. The summed E-state index contributed by atoms with van der Waals surface area (Å²) in [7, 11) is 0. The zero-order chi connectivity index (χ0) is 15.0. The van der Waals surface area contributed by atoms with Crippen molar-refractivity contribution < 1.29 is 13.6 Å². The maximum Gasteiger partial charge on any atom is 0.193 e. The van der Waals surface area contributed by atoms with E-state index in [2.05, 4.69) is 15.9 Å². The molecule has 0 heterocycles. The molecule has 0 radical (unpaired) electrons. The minimum absolute atomic E-state index is 0.00367. The number of hydrogen-bond acceptors (Lipinski definition) is 1. The van der Waals surface area contributed by atoms with Crippen molar-refractivity contribution in [1.29, 1.82) is 0 Å². The number of benzene rings is 3. The molecule has 0 bridgehead atoms. The summed E-state index contributed by atoms with van der Waals surface area (Å²) >= 11 is 3.38. The van der Waals surface area contributed by atoms with E-state index < -0.39 is 17.4 Å². The Bertz CT molecular complexity index is 838. The highest BCUT2D eigenvalue weighted by Gasteiger charge is 2.12. The Morgan fingerprint density at radius 3 is 2.10 bits per heavy atom. The summed E-state index contributed by atoms with van der Waals surface area (Å²) < 4.78 is 27.4. The van der Waals surface area contributed by atoms with Gasteiger partial charge in [-0.2, -0.15) is 0 Å². The van der Waals surface area contributed by atoms with Crippen molar-refractivity contribution in [2.45, 2.75) is 0 Å². The largest absolute Gasteiger partial charge is 0.289 e. The van der Waals surface area contributed by atoms with Crippen LogP contribution in [0, 0.1) is 11.6 Å². The highest BCUT2D eigenvalue weighted by Crippen LogP contribution is 2.22. The molecule has 4 heteroatoms. The van der Waals surface area contributed by atoms with Crippen LogP contribution < -0.4 is 0 Å². The zero-order valence-corrected chi connectivity index (χ0v) is 12.3. The molecule has 0 aliphatic heterocycles. The van der Waals surface area contributed by atoms with Crippen molar-refractivity contribution >= 4 is 32.5 Å². The number of hydrogen-bond donors (Lipinski definition) is 0. The fourth-order valence-electron chi connectivity index (χ4n) is 2.21. The molecule has 104 valence electrons. The van der Waals surface area contributed by atoms with Gasteiger partial charge in [-0.05, 0) is 41.1 Å². The molecular weight excluding hydrogens is 338 g/mol. The number of carbonyl (C=O) groups is 1. The normalized spacial score (nSPS) is 10.8. The second kappa shape index (κ2) is 5.37. The van der Waals surface area contributed by atoms with Gasteiger partial charge in [0.05, 0.1) is 0 Å². The van der Waals surface area contributed by atoms with Gasteiger partial charge in [0.15, 0.2) is 5.78 Å². The topological polar surface area (TPSA) is 17.1 Å². The summed E-state index contributed by atoms with van der Waals surface area (Å²) in [4.78, 5) is 12.3. The van der Waals surface area contributed by atoms with E-state index in [0.29, 0.717) is 5.56 Å². The van der Waals surface area contributed by atoms with Gasteiger partial charge in [-0.15, -0.1) is 0 Å². The van der Waals surface area contributed by atoms with Crippen LogP contribution in [-0.4, -0.2) is 5.78 Å². The third kappa shape index (κ3) is 2.85. The first kappa shape index (κ1) is 13.9. The first-order valence-corrected chi connectivity index (χ1v) is 7.02. The van der Waals surface area contributed by atoms with Crippen molar-refractivity contribution in [3.63, 3.8) is 0 Å². The van der Waals surface area contributed by atoms with Crippen molar-refractivity contribution in [3.05, 3.63) is 81.8 Å². The van der Waals surface area contributed by atoms with Crippen molar-refractivity contribution in [3.8, 4) is 0 Å². The highest BCUT2D eigenvalue weighted by molar-refractivity contribution is 9.10. The summed E-state index contributed by atoms with van der Waals surface area (Å²) in [6.45, 7) is 0. The molecule has 21 heavy (non-hydrogen) atoms. The number of ketones is 1. The molecule has 0 aliphatic carbocycles. The molecule has 0 saturated heterocycles. The van der Waals surface area contributed by atoms with E-state index in [9.17, 15) is 13.6 Å². The number of rotatable bonds is 2. The van der Waals surface area contributed by atoms with E-state index in [1.165, 1.54) is 0 Å². The van der Waals surface area contributed by atoms with Gasteiger partial charge in [0.25, 0.3) is 0 Å². The van der Waals surface area contributed by atoms with Gasteiger partial charge in [-0.1, -0.05) is 34.1 Å². The molecule has 0 fully saturated rings. The van der Waals surface area contributed by atoms with Gasteiger partial charge in [0, 0.05) is 21.7 Å².